The Morgan fingerprint density at radius 1 is 1.12 bits per heavy atom. The van der Waals surface area contributed by atoms with Gasteiger partial charge in [-0.05, 0) is 78.0 Å². The lowest BCUT2D eigenvalue weighted by Gasteiger charge is -2.40. The maximum absolute atomic E-state index is 14.7. The fourth-order valence-electron chi connectivity index (χ4n) is 4.03. The highest BCUT2D eigenvalue weighted by molar-refractivity contribution is 14.1. The first-order chi connectivity index (χ1) is 15.4. The van der Waals surface area contributed by atoms with Crippen LogP contribution in [0.15, 0.2) is 48.5 Å². The van der Waals surface area contributed by atoms with Crippen LogP contribution in [0.1, 0.15) is 17.3 Å². The Bertz CT molecular complexity index is 988. The normalized spacial score (nSPS) is 25.8. The topological polar surface area (TPSA) is 94.7 Å². The summed E-state index contributed by atoms with van der Waals surface area (Å²) in [4.78, 5) is 12.9. The van der Waals surface area contributed by atoms with Crippen molar-refractivity contribution in [2.75, 3.05) is 31.4 Å². The molecule has 11 heteroatoms. The van der Waals surface area contributed by atoms with Gasteiger partial charge in [0, 0.05) is 39.0 Å². The summed E-state index contributed by atoms with van der Waals surface area (Å²) in [5, 5.41) is 6.92. The minimum Gasteiger partial charge on any atom is -0.379 e. The second-order valence-electron chi connectivity index (χ2n) is 7.83. The molecule has 1 amide bonds. The van der Waals surface area contributed by atoms with Crippen LogP contribution in [-0.2, 0) is 9.30 Å². The number of ether oxygens (including phenoxy) is 1. The van der Waals surface area contributed by atoms with E-state index in [1.807, 2.05) is 35.9 Å². The van der Waals surface area contributed by atoms with E-state index in [4.69, 9.17) is 16.3 Å². The van der Waals surface area contributed by atoms with Crippen molar-refractivity contribution >= 4 is 53.2 Å². The van der Waals surface area contributed by atoms with Crippen molar-refractivity contribution in [1.29, 1.82) is 0 Å². The predicted octanol–water partition coefficient (Wildman–Crippen LogP) is 3.50. The Labute approximate surface area is 206 Å². The molecule has 0 aromatic heterocycles. The third kappa shape index (κ3) is 5.30. The van der Waals surface area contributed by atoms with Gasteiger partial charge in [0.05, 0.1) is 18.9 Å². The lowest BCUT2D eigenvalue weighted by Crippen LogP contribution is -2.51. The van der Waals surface area contributed by atoms with Gasteiger partial charge in [-0.3, -0.25) is 14.8 Å². The summed E-state index contributed by atoms with van der Waals surface area (Å²) in [6.45, 7) is 4.10. The highest BCUT2D eigenvalue weighted by Crippen LogP contribution is 2.56. The lowest BCUT2D eigenvalue weighted by atomic mass is 10.2. The van der Waals surface area contributed by atoms with E-state index in [0.717, 1.165) is 9.26 Å². The first-order valence-electron chi connectivity index (χ1n) is 10.4. The molecule has 8 nitrogen and oxygen atoms in total. The molecular weight excluding hydrogens is 564 g/mol. The van der Waals surface area contributed by atoms with Crippen LogP contribution in [-0.4, -0.2) is 54.7 Å². The smallest absolute Gasteiger partial charge is 0.252 e. The van der Waals surface area contributed by atoms with Crippen molar-refractivity contribution in [3.63, 3.8) is 0 Å². The summed E-state index contributed by atoms with van der Waals surface area (Å²) >= 11 is 8.19. The molecule has 2 aromatic rings. The van der Waals surface area contributed by atoms with Gasteiger partial charge in [0.25, 0.3) is 5.91 Å². The average molecular weight is 590 g/mol. The van der Waals surface area contributed by atoms with Crippen LogP contribution in [0.5, 0.6) is 0 Å². The van der Waals surface area contributed by atoms with E-state index in [2.05, 4.69) is 43.8 Å². The average Bonchev–Trinajstić information content (AvgIpc) is 3.16. The third-order valence-electron chi connectivity index (χ3n) is 5.66. The van der Waals surface area contributed by atoms with Gasteiger partial charge in [-0.25, -0.2) is 10.1 Å². The van der Waals surface area contributed by atoms with Gasteiger partial charge in [-0.15, -0.1) is 0 Å². The number of hydrogen-bond acceptors (Lipinski definition) is 5. The first-order valence-corrected chi connectivity index (χ1v) is 13.6. The number of halogens is 2. The van der Waals surface area contributed by atoms with Crippen molar-refractivity contribution in [1.82, 2.24) is 20.8 Å². The summed E-state index contributed by atoms with van der Waals surface area (Å²) in [7, 11) is -3.21. The third-order valence-corrected chi connectivity index (χ3v) is 10.0. The van der Waals surface area contributed by atoms with Crippen molar-refractivity contribution in [2.45, 2.75) is 24.8 Å². The molecule has 0 spiro atoms. The number of hydrogen-bond donors (Lipinski definition) is 4. The summed E-state index contributed by atoms with van der Waals surface area (Å²) in [6, 6.07) is 14.3. The van der Waals surface area contributed by atoms with Gasteiger partial charge in [0.2, 0.25) is 7.44 Å². The number of hydrazine groups is 1. The molecule has 2 fully saturated rings. The van der Waals surface area contributed by atoms with Crippen molar-refractivity contribution in [2.24, 2.45) is 0 Å². The fraction of sp³-hybridized carbons (Fsp3) is 0.381. The molecule has 2 aliphatic rings. The van der Waals surface area contributed by atoms with Crippen LogP contribution < -0.4 is 21.3 Å². The maximum Gasteiger partial charge on any atom is 0.252 e. The van der Waals surface area contributed by atoms with Crippen LogP contribution in [0.25, 0.3) is 0 Å². The zero-order chi connectivity index (χ0) is 22.7. The van der Waals surface area contributed by atoms with Crippen molar-refractivity contribution in [3.05, 3.63) is 62.7 Å². The number of carbonyl (C=O) groups is 1. The van der Waals surface area contributed by atoms with Crippen LogP contribution in [0, 0.1) is 3.57 Å². The van der Waals surface area contributed by atoms with E-state index in [1.165, 1.54) is 0 Å². The van der Waals surface area contributed by atoms with E-state index in [9.17, 15) is 9.36 Å². The number of morpholine rings is 1. The van der Waals surface area contributed by atoms with Crippen LogP contribution in [0.2, 0.25) is 5.02 Å². The second-order valence-corrected chi connectivity index (χ2v) is 12.1. The number of amides is 1. The summed E-state index contributed by atoms with van der Waals surface area (Å²) in [6.07, 6.45) is -0.543. The molecule has 0 bridgehead atoms. The Hall–Kier alpha value is -1.20. The molecule has 2 aromatic carbocycles. The number of nitrogens with zero attached hydrogens (tertiary/aromatic N) is 1. The zero-order valence-electron chi connectivity index (χ0n) is 17.6. The van der Waals surface area contributed by atoms with Gasteiger partial charge in [-0.1, -0.05) is 11.6 Å². The van der Waals surface area contributed by atoms with E-state index < -0.39 is 19.3 Å². The Kier molecular flexibility index (Phi) is 7.77. The minimum absolute atomic E-state index is 0.157. The Morgan fingerprint density at radius 2 is 1.78 bits per heavy atom. The van der Waals surface area contributed by atoms with E-state index in [1.54, 1.807) is 24.3 Å². The van der Waals surface area contributed by atoms with Gasteiger partial charge in [-0.2, -0.15) is 0 Å². The molecule has 0 saturated carbocycles. The number of benzene rings is 2. The van der Waals surface area contributed by atoms with E-state index in [-0.39, 0.29) is 11.9 Å². The molecule has 2 heterocycles. The van der Waals surface area contributed by atoms with Crippen LogP contribution >= 0.6 is 41.6 Å². The molecule has 32 heavy (non-hydrogen) atoms. The number of anilines is 1. The zero-order valence-corrected chi connectivity index (χ0v) is 21.4. The summed E-state index contributed by atoms with van der Waals surface area (Å²) < 4.78 is 23.3. The van der Waals surface area contributed by atoms with Crippen molar-refractivity contribution < 1.29 is 14.1 Å². The quantitative estimate of drug-likeness (QED) is 0.303. The Balaban J connectivity index is 1.62. The number of nitrogens with one attached hydrogen (secondary N) is 4. The van der Waals surface area contributed by atoms with Crippen LogP contribution in [0.4, 0.5) is 5.69 Å². The summed E-state index contributed by atoms with van der Waals surface area (Å²) in [5.74, 6) is -0.261. The second kappa shape index (κ2) is 10.4. The predicted molar refractivity (Wildman–Crippen MR) is 135 cm³/mol. The largest absolute Gasteiger partial charge is 0.379 e. The highest BCUT2D eigenvalue weighted by Gasteiger charge is 2.50. The maximum atomic E-state index is 14.7. The molecule has 4 unspecified atom stereocenters. The molecule has 0 aliphatic carbocycles. The number of carbonyl (C=O) groups excluding carboxylic acids is 1. The van der Waals surface area contributed by atoms with Gasteiger partial charge in [0.15, 0.2) is 0 Å². The van der Waals surface area contributed by atoms with E-state index >= 15 is 0 Å². The standard InChI is InChI=1S/C21H26ClIN5O3P/c1-14-19(20(26-25-14)24-21(29)15-2-4-16(22)5-3-15)32(30,28-10-12-31-13-11-28)27-18-8-6-17(23)7-9-18/h2-9,14,19-20,25-26H,10-13H2,1H3,(H,24,29)(H,27,30). The summed E-state index contributed by atoms with van der Waals surface area (Å²) in [5.41, 5.74) is 7.14. The Morgan fingerprint density at radius 3 is 2.44 bits per heavy atom. The molecule has 2 aliphatic heterocycles. The molecule has 4 rings (SSSR count). The molecule has 2 saturated heterocycles. The minimum atomic E-state index is -3.21. The first kappa shape index (κ1) is 23.9. The fourth-order valence-corrected chi connectivity index (χ4v) is 7.69. The van der Waals surface area contributed by atoms with Crippen molar-refractivity contribution in [3.8, 4) is 0 Å². The van der Waals surface area contributed by atoms with Gasteiger partial charge in [0.1, 0.15) is 6.17 Å². The molecule has 0 radical (unpaired) electrons. The van der Waals surface area contributed by atoms with Crippen LogP contribution in [0.3, 0.4) is 0 Å². The monoisotopic (exact) mass is 589 g/mol. The molecule has 4 N–H and O–H groups in total. The van der Waals surface area contributed by atoms with Gasteiger partial charge >= 0.3 is 0 Å². The molecular formula is C21H26ClIN5O3P. The lowest BCUT2D eigenvalue weighted by molar-refractivity contribution is 0.0714. The molecule has 172 valence electrons. The highest BCUT2D eigenvalue weighted by atomic mass is 127. The molecule has 4 atom stereocenters. The SMILES string of the molecule is CC1NNC(NC(=O)c2ccc(Cl)cc2)C1P(=O)(Nc1ccc(I)cc1)N1CCOCC1. The van der Waals surface area contributed by atoms with E-state index in [0.29, 0.717) is 36.9 Å². The number of rotatable bonds is 6. The van der Waals surface area contributed by atoms with Gasteiger partial charge < -0.3 is 15.1 Å².